The molecule has 0 radical (unpaired) electrons. The number of hydrogen-bond donors (Lipinski definition) is 4. The lowest BCUT2D eigenvalue weighted by atomic mass is 10.1. The van der Waals surface area contributed by atoms with Gasteiger partial charge < -0.3 is 29.9 Å². The van der Waals surface area contributed by atoms with E-state index >= 15 is 0 Å². The first kappa shape index (κ1) is 22.8. The molecule has 4 N–H and O–H groups in total. The largest absolute Gasteiger partial charge is 0.478 e. The molecule has 0 aliphatic carbocycles. The molecule has 3 aromatic carbocycles. The van der Waals surface area contributed by atoms with Crippen LogP contribution in [-0.2, 0) is 0 Å². The van der Waals surface area contributed by atoms with Gasteiger partial charge in [0.05, 0.1) is 22.3 Å². The molecule has 10 nitrogen and oxygen atoms in total. The Hall–Kier alpha value is -4.86. The normalized spacial score (nSPS) is 10.5. The van der Waals surface area contributed by atoms with Crippen LogP contribution in [0.2, 0.25) is 0 Å². The van der Waals surface area contributed by atoms with Crippen LogP contribution in [0.25, 0.3) is 0 Å². The highest BCUT2D eigenvalue weighted by Crippen LogP contribution is 2.29. The first-order valence-electron chi connectivity index (χ1n) is 9.27. The van der Waals surface area contributed by atoms with Crippen LogP contribution in [0.5, 0.6) is 11.5 Å². The molecule has 0 heterocycles. The highest BCUT2D eigenvalue weighted by Gasteiger charge is 2.22. The topological polar surface area (TPSA) is 168 Å². The van der Waals surface area contributed by atoms with E-state index in [1.54, 1.807) is 30.3 Å². The number of aromatic carboxylic acids is 4. The summed E-state index contributed by atoms with van der Waals surface area (Å²) < 4.78 is 11.5. The van der Waals surface area contributed by atoms with Crippen LogP contribution in [0.3, 0.4) is 0 Å². The number of hydrogen-bond acceptors (Lipinski definition) is 6. The zero-order chi connectivity index (χ0) is 24.1. The number of rotatable bonds is 9. The van der Waals surface area contributed by atoms with Gasteiger partial charge in [0, 0.05) is 5.56 Å². The van der Waals surface area contributed by atoms with Gasteiger partial charge in [-0.1, -0.05) is 30.3 Å². The summed E-state index contributed by atoms with van der Waals surface area (Å²) in [6, 6.07) is 15.1. The number of carboxylic acid groups (broad SMARTS) is 4. The fourth-order valence-electron chi connectivity index (χ4n) is 2.94. The molecule has 0 spiro atoms. The van der Waals surface area contributed by atoms with E-state index in [1.807, 2.05) is 0 Å². The van der Waals surface area contributed by atoms with E-state index in [-0.39, 0.29) is 11.5 Å². The molecule has 0 unspecified atom stereocenters. The third-order valence-corrected chi connectivity index (χ3v) is 4.46. The molecular formula is C23H16O10. The molecule has 0 amide bonds. The van der Waals surface area contributed by atoms with Crippen molar-refractivity contribution >= 4 is 23.9 Å². The minimum Gasteiger partial charge on any atom is -0.478 e. The summed E-state index contributed by atoms with van der Waals surface area (Å²) in [5.74, 6) is -5.82. The lowest BCUT2D eigenvalue weighted by Gasteiger charge is -2.22. The van der Waals surface area contributed by atoms with Crippen LogP contribution in [0.1, 0.15) is 53.3 Å². The van der Waals surface area contributed by atoms with Gasteiger partial charge in [-0.15, -0.1) is 0 Å². The average molecular weight is 452 g/mol. The quantitative estimate of drug-likeness (QED) is 0.352. The lowest BCUT2D eigenvalue weighted by molar-refractivity contribution is 0.00354. The summed E-state index contributed by atoms with van der Waals surface area (Å²) >= 11 is 0. The predicted molar refractivity (Wildman–Crippen MR) is 111 cm³/mol. The molecule has 33 heavy (non-hydrogen) atoms. The van der Waals surface area contributed by atoms with Gasteiger partial charge >= 0.3 is 23.9 Å². The maximum absolute atomic E-state index is 11.5. The summed E-state index contributed by atoms with van der Waals surface area (Å²) in [6.45, 7) is 0. The van der Waals surface area contributed by atoms with Crippen molar-refractivity contribution in [2.24, 2.45) is 0 Å². The van der Waals surface area contributed by atoms with Crippen molar-refractivity contribution in [2.75, 3.05) is 0 Å². The Morgan fingerprint density at radius 2 is 0.939 bits per heavy atom. The van der Waals surface area contributed by atoms with Gasteiger partial charge in [0.15, 0.2) is 0 Å². The van der Waals surface area contributed by atoms with Gasteiger partial charge in [-0.3, -0.25) is 0 Å². The predicted octanol–water partition coefficient (Wildman–Crippen LogP) is 3.64. The highest BCUT2D eigenvalue weighted by molar-refractivity contribution is 6.02. The Labute approximate surface area is 185 Å². The van der Waals surface area contributed by atoms with Crippen LogP contribution in [-0.4, -0.2) is 44.3 Å². The van der Waals surface area contributed by atoms with Crippen molar-refractivity contribution in [2.45, 2.75) is 6.29 Å². The van der Waals surface area contributed by atoms with Gasteiger partial charge in [0.1, 0.15) is 11.5 Å². The van der Waals surface area contributed by atoms with Crippen LogP contribution < -0.4 is 9.47 Å². The second-order valence-corrected chi connectivity index (χ2v) is 6.61. The van der Waals surface area contributed by atoms with E-state index in [0.29, 0.717) is 5.56 Å². The smallest absolute Gasteiger partial charge is 0.336 e. The van der Waals surface area contributed by atoms with Crippen molar-refractivity contribution < 1.29 is 49.1 Å². The van der Waals surface area contributed by atoms with E-state index in [1.165, 1.54) is 12.1 Å². The van der Waals surface area contributed by atoms with Gasteiger partial charge in [-0.05, 0) is 36.4 Å². The fourth-order valence-corrected chi connectivity index (χ4v) is 2.94. The molecule has 0 atom stereocenters. The summed E-state index contributed by atoms with van der Waals surface area (Å²) in [5, 5.41) is 37.0. The number of benzene rings is 3. The molecule has 0 saturated carbocycles. The Morgan fingerprint density at radius 3 is 1.30 bits per heavy atom. The molecule has 168 valence electrons. The van der Waals surface area contributed by atoms with Crippen molar-refractivity contribution in [3.8, 4) is 11.5 Å². The van der Waals surface area contributed by atoms with E-state index in [9.17, 15) is 39.6 Å². The Morgan fingerprint density at radius 1 is 0.545 bits per heavy atom. The van der Waals surface area contributed by atoms with E-state index in [0.717, 1.165) is 24.3 Å². The summed E-state index contributed by atoms with van der Waals surface area (Å²) in [4.78, 5) is 45.5. The van der Waals surface area contributed by atoms with Gasteiger partial charge in [-0.25, -0.2) is 19.2 Å². The standard InChI is InChI=1S/C23H16O10/c24-19(25)15-8-6-13(10-17(15)21(28)29)32-23(12-4-2-1-3-5-12)33-14-7-9-16(20(26)27)18(11-14)22(30)31/h1-11,23H,(H,24,25)(H,26,27)(H,28,29)(H,30,31). The molecule has 0 aliphatic rings. The molecule has 0 bridgehead atoms. The van der Waals surface area contributed by atoms with Crippen molar-refractivity contribution in [1.82, 2.24) is 0 Å². The van der Waals surface area contributed by atoms with E-state index < -0.39 is 52.4 Å². The monoisotopic (exact) mass is 452 g/mol. The third kappa shape index (κ3) is 5.25. The van der Waals surface area contributed by atoms with Gasteiger partial charge in [-0.2, -0.15) is 0 Å². The highest BCUT2D eigenvalue weighted by atomic mass is 16.7. The minimum absolute atomic E-state index is 0.0214. The van der Waals surface area contributed by atoms with Crippen LogP contribution in [0.4, 0.5) is 0 Å². The average Bonchev–Trinajstić information content (AvgIpc) is 2.78. The maximum atomic E-state index is 11.5. The molecule has 0 aromatic heterocycles. The van der Waals surface area contributed by atoms with Crippen molar-refractivity contribution in [3.05, 3.63) is 94.5 Å². The van der Waals surface area contributed by atoms with Gasteiger partial charge in [0.2, 0.25) is 0 Å². The molecule has 0 aliphatic heterocycles. The summed E-state index contributed by atoms with van der Waals surface area (Å²) in [6.07, 6.45) is -1.21. The second kappa shape index (κ2) is 9.52. The zero-order valence-electron chi connectivity index (χ0n) is 16.7. The maximum Gasteiger partial charge on any atom is 0.336 e. The SMILES string of the molecule is O=C(O)c1ccc(OC(Oc2ccc(C(=O)O)c(C(=O)O)c2)c2ccccc2)cc1C(=O)O. The number of ether oxygens (including phenoxy) is 2. The van der Waals surface area contributed by atoms with Crippen molar-refractivity contribution in [3.63, 3.8) is 0 Å². The molecule has 0 saturated heterocycles. The van der Waals surface area contributed by atoms with Crippen LogP contribution in [0, 0.1) is 0 Å². The van der Waals surface area contributed by atoms with E-state index in [2.05, 4.69) is 0 Å². The molecule has 3 rings (SSSR count). The first-order valence-corrected chi connectivity index (χ1v) is 9.27. The van der Waals surface area contributed by atoms with E-state index in [4.69, 9.17) is 9.47 Å². The Balaban J connectivity index is 2.00. The molecular weight excluding hydrogens is 436 g/mol. The fraction of sp³-hybridized carbons (Fsp3) is 0.0435. The third-order valence-electron chi connectivity index (χ3n) is 4.46. The lowest BCUT2D eigenvalue weighted by Crippen LogP contribution is -2.17. The molecule has 0 fully saturated rings. The van der Waals surface area contributed by atoms with Gasteiger partial charge in [0.25, 0.3) is 6.29 Å². The number of carboxylic acids is 4. The van der Waals surface area contributed by atoms with Crippen LogP contribution in [0.15, 0.2) is 66.7 Å². The zero-order valence-corrected chi connectivity index (χ0v) is 16.7. The van der Waals surface area contributed by atoms with Crippen molar-refractivity contribution in [1.29, 1.82) is 0 Å². The second-order valence-electron chi connectivity index (χ2n) is 6.61. The molecule has 10 heteroatoms. The Bertz CT molecular complexity index is 1160. The summed E-state index contributed by atoms with van der Waals surface area (Å²) in [7, 11) is 0. The Kier molecular flexibility index (Phi) is 6.58. The number of carbonyl (C=O) groups is 4. The minimum atomic E-state index is -1.47. The summed E-state index contributed by atoms with van der Waals surface area (Å²) in [5.41, 5.74) is -1.38. The first-order chi connectivity index (χ1) is 15.7. The van der Waals surface area contributed by atoms with Crippen LogP contribution >= 0.6 is 0 Å². The molecule has 3 aromatic rings.